The van der Waals surface area contributed by atoms with Crippen LogP contribution < -0.4 is 11.1 Å². The third-order valence-corrected chi connectivity index (χ3v) is 5.48. The second kappa shape index (κ2) is 9.56. The fourth-order valence-electron chi connectivity index (χ4n) is 3.41. The van der Waals surface area contributed by atoms with Crippen molar-refractivity contribution >= 4 is 16.7 Å². The summed E-state index contributed by atoms with van der Waals surface area (Å²) in [5.74, 6) is -2.05. The number of rotatable bonds is 5. The van der Waals surface area contributed by atoms with Gasteiger partial charge in [-0.05, 0) is 61.1 Å². The highest BCUT2D eigenvalue weighted by molar-refractivity contribution is 5.99. The normalized spacial score (nSPS) is 14.5. The monoisotopic (exact) mass is 424 g/mol. The van der Waals surface area contributed by atoms with E-state index in [2.05, 4.69) is 29.6 Å². The van der Waals surface area contributed by atoms with Crippen LogP contribution in [0, 0.1) is 6.92 Å². The van der Waals surface area contributed by atoms with Crippen LogP contribution in [-0.4, -0.2) is 18.5 Å². The van der Waals surface area contributed by atoms with E-state index >= 15 is 0 Å². The van der Waals surface area contributed by atoms with Crippen molar-refractivity contribution in [3.8, 4) is 0 Å². The van der Waals surface area contributed by atoms with Gasteiger partial charge >= 0.3 is 0 Å². The van der Waals surface area contributed by atoms with Gasteiger partial charge in [-0.25, -0.2) is 8.78 Å². The summed E-state index contributed by atoms with van der Waals surface area (Å²) in [4.78, 5) is 12.1. The van der Waals surface area contributed by atoms with Gasteiger partial charge in [-0.15, -0.1) is 0 Å². The zero-order chi connectivity index (χ0) is 22.6. The standard InChI is InChI=1S/C17H20N2O.C9H10F2/c1-11(10-18)19-17(20)14-7-8-16-13(9-14)3-2-4-15(16)12-5-6-12;1-7-3-5-8(6-4-7)9(2,10)11/h2-4,7-9,11-12H,5-6,10,18H2,1H3,(H,19,20);3-6H,1-2H3/t11-;/m0./s1. The van der Waals surface area contributed by atoms with E-state index in [0.717, 1.165) is 23.8 Å². The number of aryl methyl sites for hydroxylation is 1. The Hall–Kier alpha value is -2.79. The minimum absolute atomic E-state index is 0.00371. The van der Waals surface area contributed by atoms with Crippen molar-refractivity contribution in [3.05, 3.63) is 82.9 Å². The Bertz CT molecular complexity index is 1040. The molecule has 1 atom stereocenters. The van der Waals surface area contributed by atoms with Crippen molar-refractivity contribution in [3.63, 3.8) is 0 Å². The topological polar surface area (TPSA) is 55.1 Å². The SMILES string of the molecule is C[C@@H](CN)NC(=O)c1ccc2c(C3CC3)cccc2c1.Cc1ccc(C(C)(F)F)cc1. The minimum atomic E-state index is -2.71. The number of benzene rings is 3. The first-order chi connectivity index (χ1) is 14.7. The predicted octanol–water partition coefficient (Wildman–Crippen LogP) is 5.90. The molecule has 0 saturated heterocycles. The van der Waals surface area contributed by atoms with Crippen LogP contribution in [-0.2, 0) is 5.92 Å². The molecule has 5 heteroatoms. The van der Waals surface area contributed by atoms with Gasteiger partial charge in [0.05, 0.1) is 0 Å². The van der Waals surface area contributed by atoms with Gasteiger partial charge in [0, 0.05) is 30.6 Å². The highest BCUT2D eigenvalue weighted by atomic mass is 19.3. The number of carbonyl (C=O) groups excluding carboxylic acids is 1. The average molecular weight is 425 g/mol. The van der Waals surface area contributed by atoms with E-state index in [0.29, 0.717) is 12.1 Å². The molecular weight excluding hydrogens is 394 g/mol. The molecule has 0 aromatic heterocycles. The highest BCUT2D eigenvalue weighted by Crippen LogP contribution is 2.43. The number of fused-ring (bicyclic) bond motifs is 1. The van der Waals surface area contributed by atoms with Gasteiger partial charge < -0.3 is 11.1 Å². The van der Waals surface area contributed by atoms with Crippen LogP contribution in [0.5, 0.6) is 0 Å². The number of nitrogens with one attached hydrogen (secondary N) is 1. The minimum Gasteiger partial charge on any atom is -0.348 e. The van der Waals surface area contributed by atoms with E-state index in [1.54, 1.807) is 12.1 Å². The maximum Gasteiger partial charge on any atom is 0.270 e. The highest BCUT2D eigenvalue weighted by Gasteiger charge is 2.25. The molecule has 3 N–H and O–H groups in total. The van der Waals surface area contributed by atoms with Gasteiger partial charge in [-0.3, -0.25) is 4.79 Å². The van der Waals surface area contributed by atoms with E-state index in [1.165, 1.54) is 35.9 Å². The maximum absolute atomic E-state index is 12.6. The molecule has 0 spiro atoms. The van der Waals surface area contributed by atoms with E-state index in [1.807, 2.05) is 26.0 Å². The molecule has 0 radical (unpaired) electrons. The van der Waals surface area contributed by atoms with Crippen LogP contribution in [0.2, 0.25) is 0 Å². The largest absolute Gasteiger partial charge is 0.348 e. The number of alkyl halides is 2. The summed E-state index contributed by atoms with van der Waals surface area (Å²) < 4.78 is 25.2. The molecule has 31 heavy (non-hydrogen) atoms. The summed E-state index contributed by atoms with van der Waals surface area (Å²) in [5.41, 5.74) is 8.73. The molecule has 1 saturated carbocycles. The number of halogens is 2. The molecule has 0 aliphatic heterocycles. The molecule has 0 bridgehead atoms. The lowest BCUT2D eigenvalue weighted by Crippen LogP contribution is -2.37. The summed E-state index contributed by atoms with van der Waals surface area (Å²) >= 11 is 0. The number of hydrogen-bond acceptors (Lipinski definition) is 2. The van der Waals surface area contributed by atoms with Gasteiger partial charge in [0.25, 0.3) is 11.8 Å². The van der Waals surface area contributed by atoms with E-state index < -0.39 is 5.92 Å². The molecule has 3 aromatic rings. The first kappa shape index (κ1) is 22.9. The van der Waals surface area contributed by atoms with Crippen LogP contribution in [0.25, 0.3) is 10.8 Å². The van der Waals surface area contributed by atoms with Gasteiger partial charge in [0.2, 0.25) is 0 Å². The molecule has 3 nitrogen and oxygen atoms in total. The molecule has 164 valence electrons. The fraction of sp³-hybridized carbons (Fsp3) is 0.346. The van der Waals surface area contributed by atoms with Crippen molar-refractivity contribution < 1.29 is 13.6 Å². The predicted molar refractivity (Wildman–Crippen MR) is 123 cm³/mol. The zero-order valence-electron chi connectivity index (χ0n) is 18.3. The second-order valence-electron chi connectivity index (χ2n) is 8.42. The Morgan fingerprint density at radius 1 is 1.13 bits per heavy atom. The fourth-order valence-corrected chi connectivity index (χ4v) is 3.41. The zero-order valence-corrected chi connectivity index (χ0v) is 18.3. The molecule has 0 heterocycles. The number of hydrogen-bond donors (Lipinski definition) is 2. The smallest absolute Gasteiger partial charge is 0.270 e. The maximum atomic E-state index is 12.6. The lowest BCUT2D eigenvalue weighted by atomic mass is 9.99. The van der Waals surface area contributed by atoms with Crippen LogP contribution in [0.1, 0.15) is 59.7 Å². The lowest BCUT2D eigenvalue weighted by Gasteiger charge is -2.12. The lowest BCUT2D eigenvalue weighted by molar-refractivity contribution is 0.0174. The third-order valence-electron chi connectivity index (χ3n) is 5.48. The summed E-state index contributed by atoms with van der Waals surface area (Å²) in [7, 11) is 0. The summed E-state index contributed by atoms with van der Waals surface area (Å²) in [6.07, 6.45) is 2.57. The van der Waals surface area contributed by atoms with Crippen LogP contribution >= 0.6 is 0 Å². The Kier molecular flexibility index (Phi) is 7.06. The average Bonchev–Trinajstić information content (AvgIpc) is 3.58. The Balaban J connectivity index is 0.000000210. The first-order valence-corrected chi connectivity index (χ1v) is 10.7. The quantitative estimate of drug-likeness (QED) is 0.536. The van der Waals surface area contributed by atoms with E-state index in [9.17, 15) is 13.6 Å². The van der Waals surface area contributed by atoms with Gasteiger partial charge in [0.1, 0.15) is 0 Å². The third kappa shape index (κ3) is 6.11. The number of carbonyl (C=O) groups is 1. The summed E-state index contributed by atoms with van der Waals surface area (Å²) in [6, 6.07) is 18.6. The van der Waals surface area contributed by atoms with Gasteiger partial charge in [0.15, 0.2) is 0 Å². The van der Waals surface area contributed by atoms with E-state index in [4.69, 9.17) is 5.73 Å². The molecule has 1 fully saturated rings. The molecule has 1 aliphatic carbocycles. The van der Waals surface area contributed by atoms with Gasteiger partial charge in [-0.1, -0.05) is 54.1 Å². The van der Waals surface area contributed by atoms with Crippen molar-refractivity contribution in [1.29, 1.82) is 0 Å². The second-order valence-corrected chi connectivity index (χ2v) is 8.42. The van der Waals surface area contributed by atoms with Crippen molar-refractivity contribution in [2.75, 3.05) is 6.54 Å². The first-order valence-electron chi connectivity index (χ1n) is 10.7. The molecule has 3 aromatic carbocycles. The van der Waals surface area contributed by atoms with Crippen molar-refractivity contribution in [1.82, 2.24) is 5.32 Å². The molecule has 1 aliphatic rings. The van der Waals surface area contributed by atoms with E-state index in [-0.39, 0.29) is 17.5 Å². The number of amides is 1. The van der Waals surface area contributed by atoms with Crippen molar-refractivity contribution in [2.24, 2.45) is 5.73 Å². The number of nitrogens with two attached hydrogens (primary N) is 1. The van der Waals surface area contributed by atoms with Gasteiger partial charge in [-0.2, -0.15) is 0 Å². The van der Waals surface area contributed by atoms with Crippen LogP contribution in [0.15, 0.2) is 60.7 Å². The molecular formula is C26H30F2N2O. The summed E-state index contributed by atoms with van der Waals surface area (Å²) in [5, 5.41) is 5.31. The van der Waals surface area contributed by atoms with Crippen LogP contribution in [0.3, 0.4) is 0 Å². The molecule has 1 amide bonds. The Labute approximate surface area is 182 Å². The molecule has 0 unspecified atom stereocenters. The molecule has 4 rings (SSSR count). The summed E-state index contributed by atoms with van der Waals surface area (Å²) in [6.45, 7) is 5.13. The van der Waals surface area contributed by atoms with Crippen LogP contribution in [0.4, 0.5) is 8.78 Å². The Morgan fingerprint density at radius 3 is 2.39 bits per heavy atom. The Morgan fingerprint density at radius 2 is 1.81 bits per heavy atom. The van der Waals surface area contributed by atoms with Crippen molar-refractivity contribution in [2.45, 2.75) is 51.5 Å².